The molecule has 0 N–H and O–H groups in total. The van der Waals surface area contributed by atoms with E-state index in [1.54, 1.807) is 20.4 Å². The fourth-order valence-corrected chi connectivity index (χ4v) is 4.66. The molecule has 154 valence electrons. The Labute approximate surface area is 188 Å². The summed E-state index contributed by atoms with van der Waals surface area (Å²) < 4.78 is 11.6. The molecule has 1 amide bonds. The van der Waals surface area contributed by atoms with Crippen LogP contribution < -0.4 is 9.47 Å². The van der Waals surface area contributed by atoms with Crippen molar-refractivity contribution >= 4 is 33.4 Å². The van der Waals surface area contributed by atoms with Gasteiger partial charge in [-0.05, 0) is 46.1 Å². The highest BCUT2D eigenvalue weighted by atomic mass is 79.9. The predicted molar refractivity (Wildman–Crippen MR) is 119 cm³/mol. The predicted octanol–water partition coefficient (Wildman–Crippen LogP) is 5.57. The summed E-state index contributed by atoms with van der Waals surface area (Å²) in [5.74, 6) is 1.19. The monoisotopic (exact) mass is 486 g/mol. The number of benzene rings is 2. The Balaban J connectivity index is 1.87. The van der Waals surface area contributed by atoms with E-state index < -0.39 is 0 Å². The molecule has 1 aliphatic heterocycles. The number of methoxy groups -OCH3 is 2. The second-order valence-electron chi connectivity index (χ2n) is 7.06. The Morgan fingerprint density at radius 2 is 1.93 bits per heavy atom. The Morgan fingerprint density at radius 3 is 2.63 bits per heavy atom. The van der Waals surface area contributed by atoms with Crippen LogP contribution in [0.1, 0.15) is 38.7 Å². The molecule has 4 rings (SSSR count). The van der Waals surface area contributed by atoms with Gasteiger partial charge in [0.25, 0.3) is 5.91 Å². The van der Waals surface area contributed by atoms with Crippen LogP contribution in [0, 0.1) is 6.92 Å². The molecular weight excluding hydrogens is 468 g/mol. The molecule has 2 aromatic carbocycles. The van der Waals surface area contributed by atoms with E-state index in [-0.39, 0.29) is 17.1 Å². The third kappa shape index (κ3) is 3.44. The van der Waals surface area contributed by atoms with Crippen molar-refractivity contribution in [3.05, 3.63) is 86.1 Å². The zero-order valence-electron chi connectivity index (χ0n) is 16.8. The molecule has 0 saturated heterocycles. The number of aromatic nitrogens is 1. The van der Waals surface area contributed by atoms with Gasteiger partial charge in [-0.15, -0.1) is 0 Å². The van der Waals surface area contributed by atoms with Crippen molar-refractivity contribution in [2.75, 3.05) is 14.2 Å². The molecule has 0 saturated carbocycles. The number of amides is 1. The minimum atomic E-state index is -0.296. The van der Waals surface area contributed by atoms with E-state index in [2.05, 4.69) is 20.9 Å². The van der Waals surface area contributed by atoms with Gasteiger partial charge in [0.1, 0.15) is 16.7 Å². The SMILES string of the molecule is COc1ccc(CN2C(=O)c3c(Cl)ncc(Br)c3C2c2ccccc2C)c(OC)c1. The lowest BCUT2D eigenvalue weighted by molar-refractivity contribution is 0.0734. The number of carbonyl (C=O) groups excluding carboxylic acids is 1. The minimum Gasteiger partial charge on any atom is -0.497 e. The molecule has 2 heterocycles. The van der Waals surface area contributed by atoms with Gasteiger partial charge in [-0.2, -0.15) is 0 Å². The molecule has 0 fully saturated rings. The normalized spacial score (nSPS) is 15.3. The van der Waals surface area contributed by atoms with Gasteiger partial charge in [-0.25, -0.2) is 4.98 Å². The first-order chi connectivity index (χ1) is 14.5. The van der Waals surface area contributed by atoms with Gasteiger partial charge in [0, 0.05) is 27.9 Å². The van der Waals surface area contributed by atoms with Crippen LogP contribution >= 0.6 is 27.5 Å². The number of aryl methyl sites for hydroxylation is 1. The fraction of sp³-hybridized carbons (Fsp3) is 0.217. The Bertz CT molecular complexity index is 1140. The van der Waals surface area contributed by atoms with Crippen LogP contribution in [0.3, 0.4) is 0 Å². The molecule has 3 aromatic rings. The Hall–Kier alpha value is -2.57. The molecule has 7 heteroatoms. The van der Waals surface area contributed by atoms with Gasteiger partial charge < -0.3 is 14.4 Å². The van der Waals surface area contributed by atoms with Gasteiger partial charge >= 0.3 is 0 Å². The first-order valence-electron chi connectivity index (χ1n) is 9.37. The lowest BCUT2D eigenvalue weighted by Crippen LogP contribution is -2.29. The van der Waals surface area contributed by atoms with Crippen molar-refractivity contribution in [3.63, 3.8) is 0 Å². The second kappa shape index (κ2) is 8.28. The van der Waals surface area contributed by atoms with E-state index in [9.17, 15) is 4.79 Å². The van der Waals surface area contributed by atoms with Gasteiger partial charge in [0.05, 0.1) is 32.4 Å². The number of ether oxygens (including phenoxy) is 2. The lowest BCUT2D eigenvalue weighted by Gasteiger charge is -2.28. The highest BCUT2D eigenvalue weighted by Crippen LogP contribution is 2.46. The maximum atomic E-state index is 13.5. The van der Waals surface area contributed by atoms with Crippen molar-refractivity contribution in [1.29, 1.82) is 0 Å². The van der Waals surface area contributed by atoms with Crippen molar-refractivity contribution < 1.29 is 14.3 Å². The highest BCUT2D eigenvalue weighted by molar-refractivity contribution is 9.10. The zero-order chi connectivity index (χ0) is 21.4. The van der Waals surface area contributed by atoms with E-state index in [1.165, 1.54) is 0 Å². The largest absolute Gasteiger partial charge is 0.497 e. The number of pyridine rings is 1. The average Bonchev–Trinajstić information content (AvgIpc) is 3.04. The zero-order valence-corrected chi connectivity index (χ0v) is 19.1. The standard InChI is InChI=1S/C23H20BrClN2O3/c1-13-6-4-5-7-16(13)21-19-17(24)11-26-22(25)20(19)23(28)27(21)12-14-8-9-15(29-2)10-18(14)30-3/h4-11,21H,12H2,1-3H3. The molecule has 1 aliphatic rings. The van der Waals surface area contributed by atoms with Crippen molar-refractivity contribution in [1.82, 2.24) is 9.88 Å². The number of rotatable bonds is 5. The molecule has 1 unspecified atom stereocenters. The summed E-state index contributed by atoms with van der Waals surface area (Å²) in [4.78, 5) is 19.5. The molecule has 1 atom stereocenters. The van der Waals surface area contributed by atoms with Gasteiger partial charge in [-0.3, -0.25) is 4.79 Å². The van der Waals surface area contributed by atoms with Crippen LogP contribution in [0.4, 0.5) is 0 Å². The summed E-state index contributed by atoms with van der Waals surface area (Å²) >= 11 is 9.96. The van der Waals surface area contributed by atoms with Crippen LogP contribution in [0.5, 0.6) is 11.5 Å². The van der Waals surface area contributed by atoms with Crippen LogP contribution in [-0.2, 0) is 6.54 Å². The third-order valence-electron chi connectivity index (χ3n) is 5.40. The summed E-state index contributed by atoms with van der Waals surface area (Å²) in [5, 5.41) is 0.209. The first-order valence-corrected chi connectivity index (χ1v) is 10.5. The third-order valence-corrected chi connectivity index (χ3v) is 6.32. The van der Waals surface area contributed by atoms with Crippen LogP contribution in [0.25, 0.3) is 0 Å². The smallest absolute Gasteiger partial charge is 0.258 e. The highest BCUT2D eigenvalue weighted by Gasteiger charge is 2.42. The maximum Gasteiger partial charge on any atom is 0.258 e. The number of nitrogens with zero attached hydrogens (tertiary/aromatic N) is 2. The fourth-order valence-electron chi connectivity index (χ4n) is 3.91. The molecule has 30 heavy (non-hydrogen) atoms. The molecular formula is C23H20BrClN2O3. The topological polar surface area (TPSA) is 51.7 Å². The van der Waals surface area contributed by atoms with E-state index in [0.717, 1.165) is 26.7 Å². The quantitative estimate of drug-likeness (QED) is 0.442. The Morgan fingerprint density at radius 1 is 1.17 bits per heavy atom. The number of hydrogen-bond donors (Lipinski definition) is 0. The van der Waals surface area contributed by atoms with Gasteiger partial charge in [0.15, 0.2) is 0 Å². The summed E-state index contributed by atoms with van der Waals surface area (Å²) in [5.41, 5.74) is 4.28. The van der Waals surface area contributed by atoms with Crippen molar-refractivity contribution in [3.8, 4) is 11.5 Å². The van der Waals surface area contributed by atoms with Crippen LogP contribution in [0.15, 0.2) is 53.1 Å². The number of hydrogen-bond acceptors (Lipinski definition) is 4. The molecule has 5 nitrogen and oxygen atoms in total. The summed E-state index contributed by atoms with van der Waals surface area (Å²) in [7, 11) is 3.21. The Kier molecular flexibility index (Phi) is 5.71. The molecule has 0 spiro atoms. The average molecular weight is 488 g/mol. The summed E-state index contributed by atoms with van der Waals surface area (Å²) in [6.07, 6.45) is 1.65. The van der Waals surface area contributed by atoms with Crippen molar-refractivity contribution in [2.24, 2.45) is 0 Å². The molecule has 1 aromatic heterocycles. The van der Waals surface area contributed by atoms with E-state index >= 15 is 0 Å². The summed E-state index contributed by atoms with van der Waals surface area (Å²) in [6.45, 7) is 2.39. The van der Waals surface area contributed by atoms with E-state index in [0.29, 0.717) is 23.6 Å². The number of halogens is 2. The van der Waals surface area contributed by atoms with Crippen LogP contribution in [-0.4, -0.2) is 30.0 Å². The lowest BCUT2D eigenvalue weighted by atomic mass is 9.95. The van der Waals surface area contributed by atoms with E-state index in [4.69, 9.17) is 21.1 Å². The summed E-state index contributed by atoms with van der Waals surface area (Å²) in [6, 6.07) is 13.3. The molecule has 0 aliphatic carbocycles. The molecule has 0 radical (unpaired) electrons. The maximum absolute atomic E-state index is 13.5. The van der Waals surface area contributed by atoms with Crippen molar-refractivity contribution in [2.45, 2.75) is 19.5 Å². The van der Waals surface area contributed by atoms with Crippen LogP contribution in [0.2, 0.25) is 5.15 Å². The van der Waals surface area contributed by atoms with E-state index in [1.807, 2.05) is 54.3 Å². The molecule has 0 bridgehead atoms. The number of fused-ring (bicyclic) bond motifs is 1. The first kappa shape index (κ1) is 20.7. The number of carbonyl (C=O) groups is 1. The minimum absolute atomic E-state index is 0.157. The second-order valence-corrected chi connectivity index (χ2v) is 8.27. The van der Waals surface area contributed by atoms with Gasteiger partial charge in [-0.1, -0.05) is 35.9 Å². The van der Waals surface area contributed by atoms with Gasteiger partial charge in [0.2, 0.25) is 0 Å².